The van der Waals surface area contributed by atoms with E-state index < -0.39 is 0 Å². The Bertz CT molecular complexity index is 483. The second-order valence-electron chi connectivity index (χ2n) is 3.92. The highest BCUT2D eigenvalue weighted by atomic mass is 127. The highest BCUT2D eigenvalue weighted by Gasteiger charge is 2.05. The first kappa shape index (κ1) is 12.1. The van der Waals surface area contributed by atoms with Crippen molar-refractivity contribution in [2.75, 3.05) is 0 Å². The van der Waals surface area contributed by atoms with Crippen LogP contribution in [-0.4, -0.2) is 0 Å². The highest BCUT2D eigenvalue weighted by molar-refractivity contribution is 14.1. The number of hydrogen-bond donors (Lipinski definition) is 0. The van der Waals surface area contributed by atoms with Crippen LogP contribution in [-0.2, 0) is 0 Å². The van der Waals surface area contributed by atoms with E-state index in [-0.39, 0.29) is 0 Å². The molecule has 0 atom stereocenters. The summed E-state index contributed by atoms with van der Waals surface area (Å²) in [6.45, 7) is 4.32. The van der Waals surface area contributed by atoms with Crippen molar-refractivity contribution in [3.63, 3.8) is 0 Å². The van der Waals surface area contributed by atoms with Crippen LogP contribution in [0.25, 0.3) is 11.1 Å². The molecule has 0 radical (unpaired) electrons. The van der Waals surface area contributed by atoms with Crippen LogP contribution in [0.4, 0.5) is 0 Å². The Balaban J connectivity index is 2.59. The Labute approximate surface area is 118 Å². The van der Waals surface area contributed by atoms with Crippen molar-refractivity contribution in [3.8, 4) is 11.1 Å². The van der Waals surface area contributed by atoms with E-state index in [0.717, 1.165) is 4.47 Å². The maximum Gasteiger partial charge on any atom is 0.0178 e. The lowest BCUT2D eigenvalue weighted by Crippen LogP contribution is -1.87. The molecule has 0 unspecified atom stereocenters. The lowest BCUT2D eigenvalue weighted by atomic mass is 9.97. The molecule has 0 aromatic heterocycles. The Morgan fingerprint density at radius 3 is 2.00 bits per heavy atom. The average Bonchev–Trinajstić information content (AvgIpc) is 2.19. The van der Waals surface area contributed by atoms with E-state index in [0.29, 0.717) is 0 Å². The van der Waals surface area contributed by atoms with Gasteiger partial charge < -0.3 is 0 Å². The van der Waals surface area contributed by atoms with Crippen molar-refractivity contribution >= 4 is 38.5 Å². The van der Waals surface area contributed by atoms with Gasteiger partial charge in [-0.2, -0.15) is 0 Å². The van der Waals surface area contributed by atoms with Crippen molar-refractivity contribution in [2.24, 2.45) is 0 Å². The van der Waals surface area contributed by atoms with E-state index in [1.54, 1.807) is 0 Å². The quantitative estimate of drug-likeness (QED) is 0.580. The second-order valence-corrected chi connectivity index (χ2v) is 6.08. The van der Waals surface area contributed by atoms with E-state index in [9.17, 15) is 0 Å². The third kappa shape index (κ3) is 2.48. The van der Waals surface area contributed by atoms with Crippen LogP contribution in [0.2, 0.25) is 0 Å². The smallest absolute Gasteiger partial charge is 0.0178 e. The first-order valence-corrected chi connectivity index (χ1v) is 6.98. The summed E-state index contributed by atoms with van der Waals surface area (Å²) in [4.78, 5) is 0. The zero-order chi connectivity index (χ0) is 11.7. The van der Waals surface area contributed by atoms with Crippen molar-refractivity contribution in [2.45, 2.75) is 13.8 Å². The fourth-order valence-electron chi connectivity index (χ4n) is 1.86. The first-order valence-electron chi connectivity index (χ1n) is 5.10. The number of aryl methyl sites for hydroxylation is 2. The summed E-state index contributed by atoms with van der Waals surface area (Å²) in [5, 5.41) is 0. The fourth-order valence-corrected chi connectivity index (χ4v) is 2.98. The molecule has 0 aliphatic rings. The molecule has 0 N–H and O–H groups in total. The van der Waals surface area contributed by atoms with Crippen LogP contribution in [0.15, 0.2) is 40.9 Å². The molecule has 0 saturated heterocycles. The predicted molar refractivity (Wildman–Crippen MR) is 81.8 cm³/mol. The maximum atomic E-state index is 3.50. The molecule has 0 saturated carbocycles. The Morgan fingerprint density at radius 1 is 0.875 bits per heavy atom. The molecule has 2 aromatic carbocycles. The topological polar surface area (TPSA) is 0 Å². The van der Waals surface area contributed by atoms with Crippen LogP contribution < -0.4 is 0 Å². The summed E-state index contributed by atoms with van der Waals surface area (Å²) in [5.74, 6) is 0. The molecular formula is C14H12BrI. The predicted octanol–water partition coefficient (Wildman–Crippen LogP) is 5.34. The molecule has 2 aromatic rings. The van der Waals surface area contributed by atoms with Gasteiger partial charge >= 0.3 is 0 Å². The normalized spacial score (nSPS) is 10.5. The van der Waals surface area contributed by atoms with Gasteiger partial charge in [-0.1, -0.05) is 28.1 Å². The average molecular weight is 387 g/mol. The number of halogens is 2. The summed E-state index contributed by atoms with van der Waals surface area (Å²) in [5.41, 5.74) is 5.28. The SMILES string of the molecule is Cc1cc(Br)ccc1-c1ccc(I)cc1C. The molecule has 82 valence electrons. The van der Waals surface area contributed by atoms with Crippen molar-refractivity contribution in [3.05, 3.63) is 55.6 Å². The number of hydrogen-bond acceptors (Lipinski definition) is 0. The summed E-state index contributed by atoms with van der Waals surface area (Å²) in [6.07, 6.45) is 0. The van der Waals surface area contributed by atoms with Crippen molar-refractivity contribution < 1.29 is 0 Å². The van der Waals surface area contributed by atoms with Gasteiger partial charge in [-0.15, -0.1) is 0 Å². The van der Waals surface area contributed by atoms with Crippen LogP contribution >= 0.6 is 38.5 Å². The lowest BCUT2D eigenvalue weighted by molar-refractivity contribution is 1.39. The van der Waals surface area contributed by atoms with E-state index >= 15 is 0 Å². The largest absolute Gasteiger partial charge is 0.0531 e. The van der Waals surface area contributed by atoms with Crippen molar-refractivity contribution in [1.29, 1.82) is 0 Å². The fraction of sp³-hybridized carbons (Fsp3) is 0.143. The van der Waals surface area contributed by atoms with E-state index in [2.05, 4.69) is 88.8 Å². The maximum absolute atomic E-state index is 3.50. The van der Waals surface area contributed by atoms with Gasteiger partial charge in [0.1, 0.15) is 0 Å². The van der Waals surface area contributed by atoms with Gasteiger partial charge in [-0.05, 0) is 83.0 Å². The highest BCUT2D eigenvalue weighted by Crippen LogP contribution is 2.29. The Hall–Kier alpha value is -0.350. The van der Waals surface area contributed by atoms with Gasteiger partial charge in [-0.25, -0.2) is 0 Å². The third-order valence-corrected chi connectivity index (χ3v) is 3.83. The van der Waals surface area contributed by atoms with Gasteiger partial charge in [0, 0.05) is 8.04 Å². The lowest BCUT2D eigenvalue weighted by Gasteiger charge is -2.10. The molecule has 0 nitrogen and oxygen atoms in total. The van der Waals surface area contributed by atoms with Crippen LogP contribution in [0.1, 0.15) is 11.1 Å². The van der Waals surface area contributed by atoms with E-state index in [1.165, 1.54) is 25.8 Å². The molecule has 16 heavy (non-hydrogen) atoms. The minimum atomic E-state index is 1.14. The molecule has 2 heteroatoms. The molecule has 0 heterocycles. The molecule has 0 fully saturated rings. The van der Waals surface area contributed by atoms with E-state index in [4.69, 9.17) is 0 Å². The number of benzene rings is 2. The molecule has 0 amide bonds. The van der Waals surface area contributed by atoms with Gasteiger partial charge in [0.05, 0.1) is 0 Å². The van der Waals surface area contributed by atoms with Crippen molar-refractivity contribution in [1.82, 2.24) is 0 Å². The molecular weight excluding hydrogens is 375 g/mol. The van der Waals surface area contributed by atoms with Gasteiger partial charge in [0.15, 0.2) is 0 Å². The summed E-state index contributed by atoms with van der Waals surface area (Å²) in [6, 6.07) is 13.0. The first-order chi connectivity index (χ1) is 7.58. The summed E-state index contributed by atoms with van der Waals surface area (Å²) < 4.78 is 2.42. The minimum absolute atomic E-state index is 1.14. The minimum Gasteiger partial charge on any atom is -0.0531 e. The van der Waals surface area contributed by atoms with Gasteiger partial charge in [0.2, 0.25) is 0 Å². The molecule has 2 rings (SSSR count). The Morgan fingerprint density at radius 2 is 1.44 bits per heavy atom. The van der Waals surface area contributed by atoms with Crippen LogP contribution in [0.5, 0.6) is 0 Å². The van der Waals surface area contributed by atoms with Gasteiger partial charge in [0.25, 0.3) is 0 Å². The number of rotatable bonds is 1. The standard InChI is InChI=1S/C14H12BrI/c1-9-7-11(15)3-5-13(9)14-6-4-12(16)8-10(14)2/h3-8H,1-2H3. The zero-order valence-electron chi connectivity index (χ0n) is 9.22. The van der Waals surface area contributed by atoms with Crippen LogP contribution in [0, 0.1) is 17.4 Å². The Kier molecular flexibility index (Phi) is 3.70. The van der Waals surface area contributed by atoms with E-state index in [1.807, 2.05) is 0 Å². The molecule has 0 spiro atoms. The summed E-state index contributed by atoms with van der Waals surface area (Å²) in [7, 11) is 0. The molecule has 0 bridgehead atoms. The van der Waals surface area contributed by atoms with Gasteiger partial charge in [-0.3, -0.25) is 0 Å². The molecule has 0 aliphatic heterocycles. The summed E-state index contributed by atoms with van der Waals surface area (Å²) >= 11 is 5.85. The van der Waals surface area contributed by atoms with Crippen LogP contribution in [0.3, 0.4) is 0 Å². The monoisotopic (exact) mass is 386 g/mol. The second kappa shape index (κ2) is 4.88. The zero-order valence-corrected chi connectivity index (χ0v) is 13.0. The molecule has 0 aliphatic carbocycles. The third-order valence-electron chi connectivity index (χ3n) is 2.67.